The van der Waals surface area contributed by atoms with E-state index in [9.17, 15) is 9.59 Å². The summed E-state index contributed by atoms with van der Waals surface area (Å²) in [6, 6.07) is 10.9. The lowest BCUT2D eigenvalue weighted by molar-refractivity contribution is 0.0949. The van der Waals surface area contributed by atoms with Crippen LogP contribution in [0.15, 0.2) is 47.4 Å². The van der Waals surface area contributed by atoms with Gasteiger partial charge in [-0.3, -0.25) is 9.59 Å². The van der Waals surface area contributed by atoms with Crippen LogP contribution >= 0.6 is 0 Å². The summed E-state index contributed by atoms with van der Waals surface area (Å²) in [4.78, 5) is 27.9. The first-order valence-electron chi connectivity index (χ1n) is 7.90. The number of ether oxygens (including phenoxy) is 2. The fourth-order valence-electron chi connectivity index (χ4n) is 2.83. The number of hydrogen-bond acceptors (Lipinski definition) is 4. The van der Waals surface area contributed by atoms with Crippen molar-refractivity contribution in [3.63, 3.8) is 0 Å². The van der Waals surface area contributed by atoms with Crippen molar-refractivity contribution in [1.29, 1.82) is 0 Å². The van der Waals surface area contributed by atoms with Crippen LogP contribution in [0.25, 0.3) is 10.9 Å². The summed E-state index contributed by atoms with van der Waals surface area (Å²) in [6.07, 6.45) is 1.46. The summed E-state index contributed by atoms with van der Waals surface area (Å²) in [5.74, 6) is 0.934. The summed E-state index contributed by atoms with van der Waals surface area (Å²) in [5, 5.41) is 3.27. The Hall–Kier alpha value is -3.28. The Morgan fingerprint density at radius 1 is 1.16 bits per heavy atom. The first-order chi connectivity index (χ1) is 12.1. The molecule has 1 aromatic heterocycles. The predicted octanol–water partition coefficient (Wildman–Crippen LogP) is 2.50. The van der Waals surface area contributed by atoms with E-state index in [1.54, 1.807) is 12.1 Å². The van der Waals surface area contributed by atoms with Gasteiger partial charge in [-0.05, 0) is 42.3 Å². The lowest BCUT2D eigenvalue weighted by atomic mass is 10.1. The zero-order valence-electron chi connectivity index (χ0n) is 13.6. The number of fused-ring (bicyclic) bond motifs is 2. The molecule has 4 rings (SSSR count). The van der Waals surface area contributed by atoms with Crippen molar-refractivity contribution < 1.29 is 14.3 Å². The fraction of sp³-hybridized carbons (Fsp3) is 0.158. The average molecular weight is 336 g/mol. The van der Waals surface area contributed by atoms with Crippen molar-refractivity contribution in [2.75, 3.05) is 6.79 Å². The highest BCUT2D eigenvalue weighted by Crippen LogP contribution is 2.32. The molecule has 1 aliphatic heterocycles. The van der Waals surface area contributed by atoms with Crippen LogP contribution in [-0.4, -0.2) is 17.7 Å². The van der Waals surface area contributed by atoms with Crippen molar-refractivity contribution in [2.45, 2.75) is 13.5 Å². The van der Waals surface area contributed by atoms with E-state index in [-0.39, 0.29) is 17.8 Å². The summed E-state index contributed by atoms with van der Waals surface area (Å²) in [6.45, 7) is 2.45. The van der Waals surface area contributed by atoms with Gasteiger partial charge < -0.3 is 19.8 Å². The highest BCUT2D eigenvalue weighted by atomic mass is 16.7. The summed E-state index contributed by atoms with van der Waals surface area (Å²) in [5.41, 5.74) is 2.44. The highest BCUT2D eigenvalue weighted by molar-refractivity contribution is 5.97. The Labute approximate surface area is 143 Å². The summed E-state index contributed by atoms with van der Waals surface area (Å²) < 4.78 is 10.6. The van der Waals surface area contributed by atoms with Gasteiger partial charge in [-0.1, -0.05) is 12.1 Å². The number of aromatic nitrogens is 1. The average Bonchev–Trinajstić information content (AvgIpc) is 3.07. The highest BCUT2D eigenvalue weighted by Gasteiger charge is 2.15. The van der Waals surface area contributed by atoms with Crippen molar-refractivity contribution >= 4 is 16.8 Å². The Morgan fingerprint density at radius 3 is 2.88 bits per heavy atom. The van der Waals surface area contributed by atoms with E-state index in [0.717, 1.165) is 16.6 Å². The first kappa shape index (κ1) is 15.3. The zero-order valence-corrected chi connectivity index (χ0v) is 13.6. The summed E-state index contributed by atoms with van der Waals surface area (Å²) >= 11 is 0. The van der Waals surface area contributed by atoms with Crippen LogP contribution in [0.4, 0.5) is 0 Å². The van der Waals surface area contributed by atoms with Gasteiger partial charge in [-0.25, -0.2) is 0 Å². The lowest BCUT2D eigenvalue weighted by Crippen LogP contribution is -2.28. The molecule has 126 valence electrons. The second-order valence-corrected chi connectivity index (χ2v) is 5.95. The van der Waals surface area contributed by atoms with Crippen molar-refractivity contribution in [1.82, 2.24) is 10.3 Å². The van der Waals surface area contributed by atoms with Crippen LogP contribution in [-0.2, 0) is 6.54 Å². The molecule has 0 fully saturated rings. The summed E-state index contributed by atoms with van der Waals surface area (Å²) in [7, 11) is 0. The molecule has 0 unspecified atom stereocenters. The van der Waals surface area contributed by atoms with Crippen molar-refractivity contribution in [2.24, 2.45) is 0 Å². The van der Waals surface area contributed by atoms with E-state index >= 15 is 0 Å². The van der Waals surface area contributed by atoms with E-state index in [2.05, 4.69) is 10.3 Å². The smallest absolute Gasteiger partial charge is 0.257 e. The van der Waals surface area contributed by atoms with E-state index in [4.69, 9.17) is 9.47 Å². The van der Waals surface area contributed by atoms with Gasteiger partial charge in [0.25, 0.3) is 5.91 Å². The number of pyridine rings is 1. The maximum Gasteiger partial charge on any atom is 0.257 e. The van der Waals surface area contributed by atoms with Crippen LogP contribution in [0.2, 0.25) is 0 Å². The minimum atomic E-state index is -0.415. The topological polar surface area (TPSA) is 80.4 Å². The lowest BCUT2D eigenvalue weighted by Gasteiger charge is -2.07. The Kier molecular flexibility index (Phi) is 3.65. The number of rotatable bonds is 3. The van der Waals surface area contributed by atoms with Gasteiger partial charge in [-0.2, -0.15) is 0 Å². The standard InChI is InChI=1S/C19H16N2O4/c1-11-2-4-13-15(6-11)20-9-14(18(13)22)19(23)21-8-12-3-5-16-17(7-12)25-10-24-16/h2-7,9H,8,10H2,1H3,(H,20,22)(H,21,23). The number of nitrogens with one attached hydrogen (secondary N) is 2. The largest absolute Gasteiger partial charge is 0.454 e. The van der Waals surface area contributed by atoms with Gasteiger partial charge in [0.05, 0.1) is 0 Å². The molecule has 25 heavy (non-hydrogen) atoms. The molecule has 0 atom stereocenters. The fourth-order valence-corrected chi connectivity index (χ4v) is 2.83. The number of carbonyl (C=O) groups is 1. The van der Waals surface area contributed by atoms with Gasteiger partial charge in [0.15, 0.2) is 11.5 Å². The molecule has 2 heterocycles. The molecular formula is C19H16N2O4. The maximum absolute atomic E-state index is 12.5. The molecule has 0 spiro atoms. The quantitative estimate of drug-likeness (QED) is 0.770. The van der Waals surface area contributed by atoms with Crippen LogP contribution in [0.5, 0.6) is 11.5 Å². The molecule has 0 saturated heterocycles. The molecule has 6 heteroatoms. The van der Waals surface area contributed by atoms with Crippen molar-refractivity contribution in [3.8, 4) is 11.5 Å². The van der Waals surface area contributed by atoms with Gasteiger partial charge >= 0.3 is 0 Å². The first-order valence-corrected chi connectivity index (χ1v) is 7.90. The number of hydrogen-bond donors (Lipinski definition) is 2. The normalized spacial score (nSPS) is 12.4. The van der Waals surface area contributed by atoms with E-state index < -0.39 is 5.91 Å². The minimum absolute atomic E-state index is 0.0945. The monoisotopic (exact) mass is 336 g/mol. The Bertz CT molecular complexity index is 1040. The maximum atomic E-state index is 12.5. The van der Waals surface area contributed by atoms with E-state index in [1.165, 1.54) is 6.20 Å². The number of aromatic amines is 1. The molecule has 0 aliphatic carbocycles. The Morgan fingerprint density at radius 2 is 2.00 bits per heavy atom. The van der Waals surface area contributed by atoms with Gasteiger partial charge in [0, 0.05) is 23.6 Å². The number of aryl methyl sites for hydroxylation is 1. The third kappa shape index (κ3) is 2.82. The predicted molar refractivity (Wildman–Crippen MR) is 93.0 cm³/mol. The Balaban J connectivity index is 1.55. The third-order valence-corrected chi connectivity index (χ3v) is 4.17. The SMILES string of the molecule is Cc1ccc2c(=O)c(C(=O)NCc3ccc4c(c3)OCO4)c[nH]c2c1. The molecule has 0 radical (unpaired) electrons. The molecule has 0 bridgehead atoms. The second-order valence-electron chi connectivity index (χ2n) is 5.95. The van der Waals surface area contributed by atoms with Gasteiger partial charge in [0.1, 0.15) is 5.56 Å². The molecular weight excluding hydrogens is 320 g/mol. The minimum Gasteiger partial charge on any atom is -0.454 e. The molecule has 0 saturated carbocycles. The van der Waals surface area contributed by atoms with Crippen LogP contribution < -0.4 is 20.2 Å². The number of benzene rings is 2. The van der Waals surface area contributed by atoms with Crippen LogP contribution in [0.1, 0.15) is 21.5 Å². The molecule has 2 aromatic carbocycles. The molecule has 3 aromatic rings. The number of carbonyl (C=O) groups excluding carboxylic acids is 1. The van der Waals surface area contributed by atoms with Crippen LogP contribution in [0, 0.1) is 6.92 Å². The number of amides is 1. The van der Waals surface area contributed by atoms with E-state index in [1.807, 2.05) is 31.2 Å². The zero-order chi connectivity index (χ0) is 17.4. The molecule has 1 aliphatic rings. The van der Waals surface area contributed by atoms with E-state index in [0.29, 0.717) is 23.4 Å². The molecule has 1 amide bonds. The molecule has 2 N–H and O–H groups in total. The third-order valence-electron chi connectivity index (χ3n) is 4.17. The van der Waals surface area contributed by atoms with Crippen LogP contribution in [0.3, 0.4) is 0 Å². The molecule has 6 nitrogen and oxygen atoms in total. The van der Waals surface area contributed by atoms with Gasteiger partial charge in [-0.15, -0.1) is 0 Å². The second kappa shape index (κ2) is 5.98. The number of H-pyrrole nitrogens is 1. The van der Waals surface area contributed by atoms with Crippen molar-refractivity contribution in [3.05, 3.63) is 69.5 Å². The van der Waals surface area contributed by atoms with Gasteiger partial charge in [0.2, 0.25) is 12.2 Å².